The lowest BCUT2D eigenvalue weighted by atomic mass is 10.1. The van der Waals surface area contributed by atoms with E-state index in [2.05, 4.69) is 22.0 Å². The van der Waals surface area contributed by atoms with Gasteiger partial charge in [0, 0.05) is 17.7 Å². The smallest absolute Gasteiger partial charge is 0.248 e. The fourth-order valence-corrected chi connectivity index (χ4v) is 2.25. The number of anilines is 1. The lowest BCUT2D eigenvalue weighted by molar-refractivity contribution is -0.111. The summed E-state index contributed by atoms with van der Waals surface area (Å²) in [6.07, 6.45) is 2.87. The number of ether oxygens (including phenoxy) is 1. The van der Waals surface area contributed by atoms with Crippen LogP contribution in [0.25, 0.3) is 16.9 Å². The molecule has 0 saturated heterocycles. The number of hydrogen-bond acceptors (Lipinski definition) is 4. The van der Waals surface area contributed by atoms with Crippen molar-refractivity contribution in [1.82, 2.24) is 14.8 Å². The number of nitrogens with zero attached hydrogens (tertiary/aromatic N) is 3. The third-order valence-electron chi connectivity index (χ3n) is 3.39. The highest BCUT2D eigenvalue weighted by Crippen LogP contribution is 2.26. The molecule has 0 aliphatic rings. The van der Waals surface area contributed by atoms with Gasteiger partial charge in [0.05, 0.1) is 24.7 Å². The monoisotopic (exact) mass is 320 g/mol. The van der Waals surface area contributed by atoms with Crippen molar-refractivity contribution in [1.29, 1.82) is 0 Å². The van der Waals surface area contributed by atoms with Crippen LogP contribution < -0.4 is 10.1 Å². The van der Waals surface area contributed by atoms with Gasteiger partial charge in [-0.3, -0.25) is 4.79 Å². The van der Waals surface area contributed by atoms with Crippen LogP contribution in [0.5, 0.6) is 5.88 Å². The first-order valence-corrected chi connectivity index (χ1v) is 7.30. The van der Waals surface area contributed by atoms with Crippen LogP contribution in [-0.4, -0.2) is 27.8 Å². The van der Waals surface area contributed by atoms with Crippen molar-refractivity contribution >= 4 is 11.7 Å². The highest BCUT2D eigenvalue weighted by molar-refractivity contribution is 5.98. The highest BCUT2D eigenvalue weighted by atomic mass is 16.5. The second-order valence-corrected chi connectivity index (χ2v) is 4.94. The molecule has 1 N–H and O–H groups in total. The number of aromatic nitrogens is 3. The summed E-state index contributed by atoms with van der Waals surface area (Å²) in [7, 11) is 1.56. The average molecular weight is 320 g/mol. The Labute approximate surface area is 139 Å². The van der Waals surface area contributed by atoms with Crippen molar-refractivity contribution in [2.24, 2.45) is 0 Å². The number of rotatable bonds is 5. The van der Waals surface area contributed by atoms with E-state index in [-0.39, 0.29) is 5.91 Å². The summed E-state index contributed by atoms with van der Waals surface area (Å²) in [5.74, 6) is 0.647. The zero-order chi connectivity index (χ0) is 16.9. The van der Waals surface area contributed by atoms with Crippen LogP contribution in [0.3, 0.4) is 0 Å². The van der Waals surface area contributed by atoms with Gasteiger partial charge in [0.1, 0.15) is 0 Å². The maximum Gasteiger partial charge on any atom is 0.248 e. The Kier molecular flexibility index (Phi) is 4.38. The van der Waals surface area contributed by atoms with Gasteiger partial charge in [-0.15, -0.1) is 5.10 Å². The first-order valence-electron chi connectivity index (χ1n) is 7.30. The molecule has 6 heteroatoms. The van der Waals surface area contributed by atoms with E-state index in [1.54, 1.807) is 30.1 Å². The van der Waals surface area contributed by atoms with E-state index < -0.39 is 0 Å². The third kappa shape index (κ3) is 3.17. The molecule has 0 unspecified atom stereocenters. The molecule has 1 aromatic carbocycles. The van der Waals surface area contributed by atoms with Crippen molar-refractivity contribution in [3.8, 4) is 22.8 Å². The molecule has 0 radical (unpaired) electrons. The van der Waals surface area contributed by atoms with Gasteiger partial charge in [-0.25, -0.2) is 9.67 Å². The summed E-state index contributed by atoms with van der Waals surface area (Å²) in [5.41, 5.74) is 2.57. The Hall–Kier alpha value is -3.41. The molecule has 6 nitrogen and oxygen atoms in total. The van der Waals surface area contributed by atoms with E-state index in [0.29, 0.717) is 11.7 Å². The average Bonchev–Trinajstić information content (AvgIpc) is 3.06. The van der Waals surface area contributed by atoms with Crippen LogP contribution in [0, 0.1) is 0 Å². The molecule has 0 spiro atoms. The van der Waals surface area contributed by atoms with Crippen LogP contribution in [0.2, 0.25) is 0 Å². The second-order valence-electron chi connectivity index (χ2n) is 4.94. The van der Waals surface area contributed by atoms with Gasteiger partial charge in [0.2, 0.25) is 11.8 Å². The van der Waals surface area contributed by atoms with Crippen molar-refractivity contribution in [3.05, 3.63) is 67.4 Å². The standard InChI is InChI=1S/C18H16N4O2/c1-3-17(23)20-16-11-15(13-7-5-4-6-8-13)22(21-16)14-9-10-18(24-2)19-12-14/h3-12H,1H2,2H3,(H,20,21,23). The molecule has 0 bridgehead atoms. The molecule has 0 atom stereocenters. The van der Waals surface area contributed by atoms with Gasteiger partial charge in [-0.05, 0) is 12.1 Å². The summed E-state index contributed by atoms with van der Waals surface area (Å²) in [6, 6.07) is 15.2. The number of carbonyl (C=O) groups excluding carboxylic acids is 1. The molecule has 3 rings (SSSR count). The number of nitrogens with one attached hydrogen (secondary N) is 1. The van der Waals surface area contributed by atoms with Crippen molar-refractivity contribution in [2.45, 2.75) is 0 Å². The van der Waals surface area contributed by atoms with Crippen molar-refractivity contribution < 1.29 is 9.53 Å². The van der Waals surface area contributed by atoms with Gasteiger partial charge in [-0.1, -0.05) is 36.9 Å². The lowest BCUT2D eigenvalue weighted by Gasteiger charge is -2.07. The zero-order valence-electron chi connectivity index (χ0n) is 13.1. The van der Waals surface area contributed by atoms with E-state index in [9.17, 15) is 4.79 Å². The Balaban J connectivity index is 2.07. The topological polar surface area (TPSA) is 69.0 Å². The minimum atomic E-state index is -0.313. The van der Waals surface area contributed by atoms with E-state index in [1.165, 1.54) is 6.08 Å². The van der Waals surface area contributed by atoms with Gasteiger partial charge in [0.25, 0.3) is 0 Å². The Bertz CT molecular complexity index is 854. The first-order chi connectivity index (χ1) is 11.7. The van der Waals surface area contributed by atoms with E-state index in [4.69, 9.17) is 4.74 Å². The van der Waals surface area contributed by atoms with Crippen LogP contribution in [0.4, 0.5) is 5.82 Å². The van der Waals surface area contributed by atoms with Gasteiger partial charge in [0.15, 0.2) is 5.82 Å². The lowest BCUT2D eigenvalue weighted by Crippen LogP contribution is -2.08. The summed E-state index contributed by atoms with van der Waals surface area (Å²) in [4.78, 5) is 15.8. The number of carbonyl (C=O) groups is 1. The first kappa shape index (κ1) is 15.5. The van der Waals surface area contributed by atoms with E-state index >= 15 is 0 Å². The number of benzene rings is 1. The Morgan fingerprint density at radius 3 is 2.67 bits per heavy atom. The maximum atomic E-state index is 11.6. The van der Waals surface area contributed by atoms with Crippen LogP contribution in [0.1, 0.15) is 0 Å². The normalized spacial score (nSPS) is 10.2. The fourth-order valence-electron chi connectivity index (χ4n) is 2.25. The predicted octanol–water partition coefficient (Wildman–Crippen LogP) is 3.07. The highest BCUT2D eigenvalue weighted by Gasteiger charge is 2.13. The quantitative estimate of drug-likeness (QED) is 0.734. The molecule has 2 heterocycles. The predicted molar refractivity (Wildman–Crippen MR) is 92.2 cm³/mol. The number of amides is 1. The van der Waals surface area contributed by atoms with Crippen molar-refractivity contribution in [3.63, 3.8) is 0 Å². The number of pyridine rings is 1. The Morgan fingerprint density at radius 1 is 1.25 bits per heavy atom. The number of hydrogen-bond donors (Lipinski definition) is 1. The molecule has 0 fully saturated rings. The van der Waals surface area contributed by atoms with E-state index in [0.717, 1.165) is 16.9 Å². The molecule has 24 heavy (non-hydrogen) atoms. The van der Waals surface area contributed by atoms with Crippen molar-refractivity contribution in [2.75, 3.05) is 12.4 Å². The fraction of sp³-hybridized carbons (Fsp3) is 0.0556. The molecular formula is C18H16N4O2. The SMILES string of the molecule is C=CC(=O)Nc1cc(-c2ccccc2)n(-c2ccc(OC)nc2)n1. The summed E-state index contributed by atoms with van der Waals surface area (Å²) >= 11 is 0. The summed E-state index contributed by atoms with van der Waals surface area (Å²) < 4.78 is 6.81. The minimum Gasteiger partial charge on any atom is -0.481 e. The van der Waals surface area contributed by atoms with Gasteiger partial charge >= 0.3 is 0 Å². The number of methoxy groups -OCH3 is 1. The second kappa shape index (κ2) is 6.78. The Morgan fingerprint density at radius 2 is 2.04 bits per heavy atom. The largest absolute Gasteiger partial charge is 0.481 e. The summed E-state index contributed by atoms with van der Waals surface area (Å²) in [6.45, 7) is 3.45. The van der Waals surface area contributed by atoms with E-state index in [1.807, 2.05) is 36.4 Å². The van der Waals surface area contributed by atoms with Gasteiger partial charge in [-0.2, -0.15) is 0 Å². The molecule has 0 saturated carbocycles. The summed E-state index contributed by atoms with van der Waals surface area (Å²) in [5, 5.41) is 7.14. The third-order valence-corrected chi connectivity index (χ3v) is 3.39. The van der Waals surface area contributed by atoms with Crippen LogP contribution in [0.15, 0.2) is 67.4 Å². The molecule has 0 aliphatic heterocycles. The molecule has 120 valence electrons. The molecule has 1 amide bonds. The molecular weight excluding hydrogens is 304 g/mol. The molecule has 3 aromatic rings. The molecule has 2 aromatic heterocycles. The maximum absolute atomic E-state index is 11.6. The zero-order valence-corrected chi connectivity index (χ0v) is 13.1. The van der Waals surface area contributed by atoms with Gasteiger partial charge < -0.3 is 10.1 Å². The van der Waals surface area contributed by atoms with Crippen LogP contribution >= 0.6 is 0 Å². The minimum absolute atomic E-state index is 0.313. The van der Waals surface area contributed by atoms with Crippen LogP contribution in [-0.2, 0) is 4.79 Å². The molecule has 0 aliphatic carbocycles.